The molecule has 36 heavy (non-hydrogen) atoms. The molecule has 4 rings (SSSR count). The van der Waals surface area contributed by atoms with E-state index in [1.54, 1.807) is 7.11 Å². The van der Waals surface area contributed by atoms with Gasteiger partial charge in [0.05, 0.1) is 20.1 Å². The van der Waals surface area contributed by atoms with Crippen LogP contribution in [0.4, 0.5) is 5.82 Å². The topological polar surface area (TPSA) is 84.8 Å². The smallest absolute Gasteiger partial charge is 0.303 e. The first-order valence-corrected chi connectivity index (χ1v) is 12.7. The lowest BCUT2D eigenvalue weighted by molar-refractivity contribution is -0.137. The molecule has 3 aromatic rings. The highest BCUT2D eigenvalue weighted by Gasteiger charge is 2.25. The summed E-state index contributed by atoms with van der Waals surface area (Å²) in [6, 6.07) is 13.9. The van der Waals surface area contributed by atoms with Crippen molar-refractivity contribution in [3.63, 3.8) is 0 Å². The molecular weight excluding hydrogens is 454 g/mol. The second kappa shape index (κ2) is 11.9. The number of methoxy groups -OCH3 is 1. The number of rotatable bonds is 12. The molecule has 1 aromatic heterocycles. The van der Waals surface area contributed by atoms with E-state index in [4.69, 9.17) is 19.6 Å². The number of carboxylic acid groups (broad SMARTS) is 1. The first-order chi connectivity index (χ1) is 17.5. The Labute approximate surface area is 213 Å². The van der Waals surface area contributed by atoms with Gasteiger partial charge in [-0.25, -0.2) is 9.97 Å². The molecule has 0 amide bonds. The minimum absolute atomic E-state index is 0.119. The third-order valence-electron chi connectivity index (χ3n) is 6.66. The van der Waals surface area contributed by atoms with Crippen molar-refractivity contribution >= 4 is 11.8 Å². The Hall–Kier alpha value is -3.61. The molecule has 0 aliphatic heterocycles. The lowest BCUT2D eigenvalue weighted by Crippen LogP contribution is -2.28. The van der Waals surface area contributed by atoms with Crippen molar-refractivity contribution in [2.24, 2.45) is 0 Å². The Morgan fingerprint density at radius 3 is 2.64 bits per heavy atom. The van der Waals surface area contributed by atoms with Gasteiger partial charge in [0.15, 0.2) is 5.82 Å². The van der Waals surface area contributed by atoms with Gasteiger partial charge in [-0.1, -0.05) is 13.0 Å². The Kier molecular flexibility index (Phi) is 8.41. The number of fused-ring (bicyclic) bond motifs is 1. The summed E-state index contributed by atoms with van der Waals surface area (Å²) in [6.45, 7) is 6.57. The minimum Gasteiger partial charge on any atom is -0.497 e. The second-order valence-electron chi connectivity index (χ2n) is 9.31. The summed E-state index contributed by atoms with van der Waals surface area (Å²) in [5, 5.41) is 9.13. The van der Waals surface area contributed by atoms with Gasteiger partial charge in [0.25, 0.3) is 0 Å². The van der Waals surface area contributed by atoms with Gasteiger partial charge in [0.1, 0.15) is 17.3 Å². The van der Waals surface area contributed by atoms with Gasteiger partial charge in [-0.05, 0) is 86.1 Å². The maximum atomic E-state index is 11.1. The summed E-state index contributed by atoms with van der Waals surface area (Å²) in [6.07, 6.45) is 5.78. The van der Waals surface area contributed by atoms with Crippen LogP contribution in [0.2, 0.25) is 0 Å². The predicted octanol–water partition coefficient (Wildman–Crippen LogP) is 5.65. The molecule has 0 saturated heterocycles. The molecular formula is C29H35N3O4. The molecule has 1 N–H and O–H groups in total. The predicted molar refractivity (Wildman–Crippen MR) is 141 cm³/mol. The van der Waals surface area contributed by atoms with Gasteiger partial charge in [-0.2, -0.15) is 0 Å². The van der Waals surface area contributed by atoms with Gasteiger partial charge < -0.3 is 19.5 Å². The van der Waals surface area contributed by atoms with Crippen molar-refractivity contribution in [3.05, 3.63) is 65.4 Å². The van der Waals surface area contributed by atoms with Gasteiger partial charge in [0.2, 0.25) is 0 Å². The largest absolute Gasteiger partial charge is 0.497 e. The number of aliphatic carboxylic acids is 1. The highest BCUT2D eigenvalue weighted by molar-refractivity contribution is 5.68. The van der Waals surface area contributed by atoms with Crippen LogP contribution in [0.5, 0.6) is 11.5 Å². The summed E-state index contributed by atoms with van der Waals surface area (Å²) >= 11 is 0. The molecule has 0 unspecified atom stereocenters. The first-order valence-electron chi connectivity index (χ1n) is 12.7. The minimum atomic E-state index is -0.736. The molecule has 0 spiro atoms. The van der Waals surface area contributed by atoms with Crippen molar-refractivity contribution in [2.45, 2.75) is 51.9 Å². The van der Waals surface area contributed by atoms with Crippen LogP contribution in [-0.4, -0.2) is 47.8 Å². The number of carbonyl (C=O) groups is 1. The number of anilines is 1. The summed E-state index contributed by atoms with van der Waals surface area (Å²) in [5.74, 6) is 2.71. The standard InChI is InChI=1S/C29H35N3O4/c1-4-14-32(29-20(2)19-30-28(31-29)21-8-10-24(35-3)11-9-21)15-5-16-36-25-12-13-26-22(17-25)6-7-23(26)18-27(33)34/h8-13,17,19,23H,4-7,14-16,18H2,1-3H3,(H,33,34)/t23-/m0/s1. The van der Waals surface area contributed by atoms with Crippen LogP contribution in [-0.2, 0) is 11.2 Å². The van der Waals surface area contributed by atoms with E-state index in [-0.39, 0.29) is 12.3 Å². The van der Waals surface area contributed by atoms with Gasteiger partial charge in [-0.3, -0.25) is 4.79 Å². The highest BCUT2D eigenvalue weighted by Crippen LogP contribution is 2.37. The number of hydrogen-bond donors (Lipinski definition) is 1. The molecule has 1 heterocycles. The lowest BCUT2D eigenvalue weighted by Gasteiger charge is -2.25. The van der Waals surface area contributed by atoms with E-state index in [0.717, 1.165) is 72.8 Å². The van der Waals surface area contributed by atoms with E-state index in [0.29, 0.717) is 12.4 Å². The SMILES string of the molecule is CCCN(CCCOc1ccc2c(c1)CC[C@H]2CC(=O)O)c1nc(-c2ccc(OC)cc2)ncc1C. The van der Waals surface area contributed by atoms with Crippen LogP contribution < -0.4 is 14.4 Å². The third-order valence-corrected chi connectivity index (χ3v) is 6.66. The van der Waals surface area contributed by atoms with E-state index in [2.05, 4.69) is 29.8 Å². The molecule has 2 aromatic carbocycles. The molecule has 1 aliphatic rings. The number of hydrogen-bond acceptors (Lipinski definition) is 6. The van der Waals surface area contributed by atoms with Crippen molar-refractivity contribution in [3.8, 4) is 22.9 Å². The van der Waals surface area contributed by atoms with Crippen LogP contribution in [0, 0.1) is 6.92 Å². The van der Waals surface area contributed by atoms with Crippen LogP contribution in [0.25, 0.3) is 11.4 Å². The fourth-order valence-corrected chi connectivity index (χ4v) is 4.87. The Balaban J connectivity index is 1.37. The van der Waals surface area contributed by atoms with E-state index < -0.39 is 5.97 Å². The molecule has 1 atom stereocenters. The van der Waals surface area contributed by atoms with Crippen molar-refractivity contribution in [1.29, 1.82) is 0 Å². The molecule has 7 heteroatoms. The van der Waals surface area contributed by atoms with E-state index in [1.807, 2.05) is 42.6 Å². The molecule has 0 bridgehead atoms. The van der Waals surface area contributed by atoms with Gasteiger partial charge in [-0.15, -0.1) is 0 Å². The van der Waals surface area contributed by atoms with Crippen LogP contribution in [0.1, 0.15) is 55.2 Å². The average Bonchev–Trinajstić information content (AvgIpc) is 3.27. The van der Waals surface area contributed by atoms with Crippen molar-refractivity contribution in [2.75, 3.05) is 31.7 Å². The number of aryl methyl sites for hydroxylation is 2. The third kappa shape index (κ3) is 6.14. The van der Waals surface area contributed by atoms with Gasteiger partial charge in [0, 0.05) is 30.4 Å². The van der Waals surface area contributed by atoms with E-state index >= 15 is 0 Å². The maximum absolute atomic E-state index is 11.1. The van der Waals surface area contributed by atoms with Gasteiger partial charge >= 0.3 is 5.97 Å². The maximum Gasteiger partial charge on any atom is 0.303 e. The number of aromatic nitrogens is 2. The Morgan fingerprint density at radius 1 is 1.14 bits per heavy atom. The molecule has 0 fully saturated rings. The van der Waals surface area contributed by atoms with E-state index in [1.165, 1.54) is 5.56 Å². The number of carboxylic acids is 1. The van der Waals surface area contributed by atoms with Crippen molar-refractivity contribution in [1.82, 2.24) is 9.97 Å². The number of nitrogens with zero attached hydrogens (tertiary/aromatic N) is 3. The fraction of sp³-hybridized carbons (Fsp3) is 0.414. The highest BCUT2D eigenvalue weighted by atomic mass is 16.5. The molecule has 1 aliphatic carbocycles. The zero-order chi connectivity index (χ0) is 25.5. The lowest BCUT2D eigenvalue weighted by atomic mass is 9.98. The molecule has 7 nitrogen and oxygen atoms in total. The van der Waals surface area contributed by atoms with Crippen LogP contribution >= 0.6 is 0 Å². The van der Waals surface area contributed by atoms with Crippen LogP contribution in [0.15, 0.2) is 48.7 Å². The number of benzene rings is 2. The normalized spacial score (nSPS) is 14.4. The van der Waals surface area contributed by atoms with Crippen molar-refractivity contribution < 1.29 is 19.4 Å². The quantitative estimate of drug-likeness (QED) is 0.329. The molecule has 0 saturated carbocycles. The summed E-state index contributed by atoms with van der Waals surface area (Å²) in [7, 11) is 1.66. The second-order valence-corrected chi connectivity index (χ2v) is 9.31. The zero-order valence-corrected chi connectivity index (χ0v) is 21.4. The first kappa shape index (κ1) is 25.5. The summed E-state index contributed by atoms with van der Waals surface area (Å²) in [4.78, 5) is 22.9. The summed E-state index contributed by atoms with van der Waals surface area (Å²) < 4.78 is 11.3. The number of ether oxygens (including phenoxy) is 2. The monoisotopic (exact) mass is 489 g/mol. The Morgan fingerprint density at radius 2 is 1.92 bits per heavy atom. The van der Waals surface area contributed by atoms with E-state index in [9.17, 15) is 4.79 Å². The Bertz CT molecular complexity index is 1180. The molecule has 0 radical (unpaired) electrons. The zero-order valence-electron chi connectivity index (χ0n) is 21.4. The van der Waals surface area contributed by atoms with Crippen LogP contribution in [0.3, 0.4) is 0 Å². The average molecular weight is 490 g/mol. The molecule has 190 valence electrons. The fourth-order valence-electron chi connectivity index (χ4n) is 4.87. The summed E-state index contributed by atoms with van der Waals surface area (Å²) in [5.41, 5.74) is 4.38.